The smallest absolute Gasteiger partial charge is 0.244 e. The minimum absolute atomic E-state index is 0.294. The van der Waals surface area contributed by atoms with Gasteiger partial charge in [0.2, 0.25) is 5.95 Å². The van der Waals surface area contributed by atoms with Gasteiger partial charge in [0.05, 0.1) is 23.9 Å². The summed E-state index contributed by atoms with van der Waals surface area (Å²) in [4.78, 5) is 9.01. The number of aromatic nitrogens is 2. The third kappa shape index (κ3) is 4.07. The lowest BCUT2D eigenvalue weighted by Gasteiger charge is -2.08. The number of hydrogen-bond acceptors (Lipinski definition) is 5. The quantitative estimate of drug-likeness (QED) is 0.403. The summed E-state index contributed by atoms with van der Waals surface area (Å²) in [6.45, 7) is 0. The number of nitrogens with one attached hydrogen (secondary N) is 1. The van der Waals surface area contributed by atoms with Gasteiger partial charge in [-0.25, -0.2) is 19.8 Å². The van der Waals surface area contributed by atoms with Crippen molar-refractivity contribution in [1.29, 1.82) is 0 Å². The van der Waals surface area contributed by atoms with Crippen LogP contribution in [-0.4, -0.2) is 16.2 Å². The van der Waals surface area contributed by atoms with Gasteiger partial charge in [-0.3, -0.25) is 0 Å². The molecule has 27 heavy (non-hydrogen) atoms. The van der Waals surface area contributed by atoms with Crippen LogP contribution < -0.4 is 5.43 Å². The maximum Gasteiger partial charge on any atom is 0.244 e. The zero-order valence-electron chi connectivity index (χ0n) is 14.2. The minimum Gasteiger partial charge on any atom is -0.463 e. The SMILES string of the molecule is Fc1ccc(-c2cc(-c3ccccc3)nc(NN=Cc3ccco3)n2)cc1. The Morgan fingerprint density at radius 3 is 2.22 bits per heavy atom. The van der Waals surface area contributed by atoms with Gasteiger partial charge in [0, 0.05) is 11.1 Å². The molecule has 2 aromatic carbocycles. The van der Waals surface area contributed by atoms with Gasteiger partial charge in [0.25, 0.3) is 0 Å². The number of furan rings is 1. The van der Waals surface area contributed by atoms with E-state index in [0.717, 1.165) is 16.8 Å². The highest BCUT2D eigenvalue weighted by Gasteiger charge is 2.08. The Bertz CT molecular complexity index is 1050. The highest BCUT2D eigenvalue weighted by Crippen LogP contribution is 2.25. The Hall–Kier alpha value is -3.80. The highest BCUT2D eigenvalue weighted by atomic mass is 19.1. The second kappa shape index (κ2) is 7.61. The van der Waals surface area contributed by atoms with Crippen molar-refractivity contribution in [2.45, 2.75) is 0 Å². The number of benzene rings is 2. The second-order valence-electron chi connectivity index (χ2n) is 5.72. The van der Waals surface area contributed by atoms with E-state index in [1.165, 1.54) is 18.3 Å². The normalized spacial score (nSPS) is 11.0. The van der Waals surface area contributed by atoms with Crippen LogP contribution in [0.3, 0.4) is 0 Å². The van der Waals surface area contributed by atoms with Gasteiger partial charge in [0.1, 0.15) is 11.6 Å². The molecule has 0 amide bonds. The number of nitrogens with zero attached hydrogens (tertiary/aromatic N) is 3. The molecule has 5 nitrogen and oxygen atoms in total. The summed E-state index contributed by atoms with van der Waals surface area (Å²) in [6, 6.07) is 21.4. The first-order chi connectivity index (χ1) is 13.3. The molecule has 0 radical (unpaired) electrons. The van der Waals surface area contributed by atoms with Crippen LogP contribution in [0.25, 0.3) is 22.5 Å². The van der Waals surface area contributed by atoms with Crippen molar-refractivity contribution in [3.05, 3.63) is 90.6 Å². The Labute approximate surface area is 155 Å². The van der Waals surface area contributed by atoms with Gasteiger partial charge >= 0.3 is 0 Å². The van der Waals surface area contributed by atoms with Crippen molar-refractivity contribution in [2.24, 2.45) is 5.10 Å². The standard InChI is InChI=1S/C21H15FN4O/c22-17-10-8-16(9-11-17)20-13-19(15-5-2-1-3-6-15)24-21(25-20)26-23-14-18-7-4-12-27-18/h1-14H,(H,24,25,26). The van der Waals surface area contributed by atoms with Gasteiger partial charge in [-0.15, -0.1) is 0 Å². The predicted molar refractivity (Wildman–Crippen MR) is 103 cm³/mol. The molecule has 1 N–H and O–H groups in total. The van der Waals surface area contributed by atoms with E-state index >= 15 is 0 Å². The molecule has 0 saturated carbocycles. The molecule has 0 atom stereocenters. The molecule has 0 aliphatic carbocycles. The predicted octanol–water partition coefficient (Wildman–Crippen LogP) is 4.99. The third-order valence-electron chi connectivity index (χ3n) is 3.84. The minimum atomic E-state index is -0.294. The van der Waals surface area contributed by atoms with Crippen LogP contribution in [0.2, 0.25) is 0 Å². The molecule has 0 unspecified atom stereocenters. The fourth-order valence-electron chi connectivity index (χ4n) is 2.54. The fraction of sp³-hybridized carbons (Fsp3) is 0. The third-order valence-corrected chi connectivity index (χ3v) is 3.84. The molecular formula is C21H15FN4O. The molecular weight excluding hydrogens is 343 g/mol. The maximum absolute atomic E-state index is 13.3. The second-order valence-corrected chi connectivity index (χ2v) is 5.72. The van der Waals surface area contributed by atoms with Crippen molar-refractivity contribution in [3.8, 4) is 22.5 Å². The molecule has 0 saturated heterocycles. The van der Waals surface area contributed by atoms with E-state index in [0.29, 0.717) is 17.4 Å². The number of hydrogen-bond donors (Lipinski definition) is 1. The average Bonchev–Trinajstić information content (AvgIpc) is 3.22. The van der Waals surface area contributed by atoms with E-state index in [2.05, 4.69) is 20.5 Å². The summed E-state index contributed by atoms with van der Waals surface area (Å²) in [5.41, 5.74) is 5.96. The molecule has 0 spiro atoms. The van der Waals surface area contributed by atoms with Crippen LogP contribution in [0.15, 0.2) is 88.6 Å². The summed E-state index contributed by atoms with van der Waals surface area (Å²) in [6.07, 6.45) is 3.11. The average molecular weight is 358 g/mol. The molecule has 4 rings (SSSR count). The Balaban J connectivity index is 1.71. The summed E-state index contributed by atoms with van der Waals surface area (Å²) in [5, 5.41) is 4.11. The van der Waals surface area contributed by atoms with E-state index in [9.17, 15) is 4.39 Å². The van der Waals surface area contributed by atoms with E-state index in [1.807, 2.05) is 36.4 Å². The first-order valence-electron chi connectivity index (χ1n) is 8.31. The van der Waals surface area contributed by atoms with Crippen LogP contribution in [-0.2, 0) is 0 Å². The lowest BCUT2D eigenvalue weighted by Crippen LogP contribution is -2.00. The molecule has 6 heteroatoms. The Morgan fingerprint density at radius 2 is 1.56 bits per heavy atom. The summed E-state index contributed by atoms with van der Waals surface area (Å²) in [5.74, 6) is 0.649. The zero-order valence-corrected chi connectivity index (χ0v) is 14.2. The number of halogens is 1. The summed E-state index contributed by atoms with van der Waals surface area (Å²) in [7, 11) is 0. The van der Waals surface area contributed by atoms with Gasteiger partial charge in [-0.1, -0.05) is 30.3 Å². The highest BCUT2D eigenvalue weighted by molar-refractivity contribution is 5.76. The van der Waals surface area contributed by atoms with Crippen molar-refractivity contribution < 1.29 is 8.81 Å². The van der Waals surface area contributed by atoms with Crippen LogP contribution in [0.4, 0.5) is 10.3 Å². The molecule has 4 aromatic rings. The van der Waals surface area contributed by atoms with Gasteiger partial charge in [-0.05, 0) is 42.5 Å². The topological polar surface area (TPSA) is 63.3 Å². The Kier molecular flexibility index (Phi) is 4.70. The molecule has 0 aliphatic heterocycles. The van der Waals surface area contributed by atoms with E-state index < -0.39 is 0 Å². The van der Waals surface area contributed by atoms with Gasteiger partial charge < -0.3 is 4.42 Å². The van der Waals surface area contributed by atoms with Crippen molar-refractivity contribution >= 4 is 12.2 Å². The van der Waals surface area contributed by atoms with Crippen LogP contribution in [0.5, 0.6) is 0 Å². The lowest BCUT2D eigenvalue weighted by atomic mass is 10.1. The van der Waals surface area contributed by atoms with E-state index in [1.54, 1.807) is 30.5 Å². The first kappa shape index (κ1) is 16.7. The monoisotopic (exact) mass is 358 g/mol. The van der Waals surface area contributed by atoms with Crippen molar-refractivity contribution in [2.75, 3.05) is 5.43 Å². The zero-order chi connectivity index (χ0) is 18.5. The van der Waals surface area contributed by atoms with Crippen molar-refractivity contribution in [3.63, 3.8) is 0 Å². The largest absolute Gasteiger partial charge is 0.463 e. The summed E-state index contributed by atoms with van der Waals surface area (Å²) >= 11 is 0. The number of rotatable bonds is 5. The molecule has 132 valence electrons. The Morgan fingerprint density at radius 1 is 0.852 bits per heavy atom. The van der Waals surface area contributed by atoms with E-state index in [4.69, 9.17) is 4.42 Å². The van der Waals surface area contributed by atoms with Crippen LogP contribution in [0.1, 0.15) is 5.76 Å². The van der Waals surface area contributed by atoms with Crippen LogP contribution >= 0.6 is 0 Å². The summed E-state index contributed by atoms with van der Waals surface area (Å²) < 4.78 is 18.5. The number of anilines is 1. The van der Waals surface area contributed by atoms with E-state index in [-0.39, 0.29) is 5.82 Å². The number of hydrazone groups is 1. The molecule has 0 fully saturated rings. The van der Waals surface area contributed by atoms with Crippen LogP contribution in [0, 0.1) is 5.82 Å². The molecule has 2 heterocycles. The molecule has 0 aliphatic rings. The first-order valence-corrected chi connectivity index (χ1v) is 8.31. The maximum atomic E-state index is 13.3. The molecule has 0 bridgehead atoms. The van der Waals surface area contributed by atoms with Crippen molar-refractivity contribution in [1.82, 2.24) is 9.97 Å². The molecule has 2 aromatic heterocycles. The lowest BCUT2D eigenvalue weighted by molar-refractivity contribution is 0.560. The fourth-order valence-corrected chi connectivity index (χ4v) is 2.54. The van der Waals surface area contributed by atoms with Gasteiger partial charge in [0.15, 0.2) is 0 Å². The van der Waals surface area contributed by atoms with Gasteiger partial charge in [-0.2, -0.15) is 5.10 Å².